The molecule has 5 unspecified atom stereocenters. The zero-order valence-corrected chi connectivity index (χ0v) is 23.2. The molecule has 1 spiro atoms. The molecule has 194 valence electrons. The summed E-state index contributed by atoms with van der Waals surface area (Å²) in [5.74, 6) is 3.54. The Hall–Kier alpha value is -3.61. The lowest BCUT2D eigenvalue weighted by Gasteiger charge is -2.43. The van der Waals surface area contributed by atoms with E-state index in [2.05, 4.69) is 103 Å². The molecular weight excluding hydrogens is 504 g/mol. The lowest BCUT2D eigenvalue weighted by atomic mass is 9.59. The van der Waals surface area contributed by atoms with Crippen LogP contribution in [0.2, 0.25) is 5.02 Å². The van der Waals surface area contributed by atoms with Gasteiger partial charge in [0.1, 0.15) is 0 Å². The third-order valence-corrected chi connectivity index (χ3v) is 11.2. The van der Waals surface area contributed by atoms with Gasteiger partial charge in [0.05, 0.1) is 0 Å². The quantitative estimate of drug-likeness (QED) is 0.216. The number of benzene rings is 5. The van der Waals surface area contributed by atoms with Crippen LogP contribution in [0.1, 0.15) is 36.8 Å². The summed E-state index contributed by atoms with van der Waals surface area (Å²) in [6, 6.07) is 42.8. The maximum absolute atomic E-state index is 6.08. The minimum absolute atomic E-state index is 0.241. The second kappa shape index (κ2) is 8.45. The summed E-state index contributed by atoms with van der Waals surface area (Å²) in [6.45, 7) is 0. The van der Waals surface area contributed by atoms with Gasteiger partial charge >= 0.3 is 0 Å². The lowest BCUT2D eigenvalue weighted by molar-refractivity contribution is 0.191. The van der Waals surface area contributed by atoms with Gasteiger partial charge in [-0.1, -0.05) is 115 Å². The maximum Gasteiger partial charge on any atom is 0.0406 e. The minimum atomic E-state index is 0.241. The molecule has 40 heavy (non-hydrogen) atoms. The smallest absolute Gasteiger partial charge is 0.0406 e. The van der Waals surface area contributed by atoms with E-state index >= 15 is 0 Å². The van der Waals surface area contributed by atoms with Crippen LogP contribution in [0.4, 0.5) is 0 Å². The third kappa shape index (κ3) is 3.09. The van der Waals surface area contributed by atoms with E-state index in [1.54, 1.807) is 11.1 Å². The molecule has 0 nitrogen and oxygen atoms in total. The fourth-order valence-corrected chi connectivity index (χ4v) is 9.73. The minimum Gasteiger partial charge on any atom is -0.0843 e. The van der Waals surface area contributed by atoms with Gasteiger partial charge in [-0.25, -0.2) is 0 Å². The summed E-state index contributed by atoms with van der Waals surface area (Å²) in [5, 5.41) is 0.769. The first-order chi connectivity index (χ1) is 19.7. The fourth-order valence-electron chi connectivity index (χ4n) is 9.60. The summed E-state index contributed by atoms with van der Waals surface area (Å²) in [4.78, 5) is 0. The number of fused-ring (bicyclic) bond motifs is 3. The molecule has 0 N–H and O–H groups in total. The van der Waals surface area contributed by atoms with Gasteiger partial charge in [-0.3, -0.25) is 0 Å². The second-order valence-electron chi connectivity index (χ2n) is 12.7. The van der Waals surface area contributed by atoms with Crippen molar-refractivity contribution in [3.63, 3.8) is 0 Å². The van der Waals surface area contributed by atoms with E-state index in [1.165, 1.54) is 70.2 Å². The van der Waals surface area contributed by atoms with Crippen molar-refractivity contribution in [2.24, 2.45) is 23.7 Å². The summed E-state index contributed by atoms with van der Waals surface area (Å²) < 4.78 is 0. The number of hydrogen-bond acceptors (Lipinski definition) is 0. The van der Waals surface area contributed by atoms with E-state index in [-0.39, 0.29) is 5.41 Å². The highest BCUT2D eigenvalue weighted by atomic mass is 35.5. The van der Waals surface area contributed by atoms with E-state index in [0.29, 0.717) is 0 Å². The predicted molar refractivity (Wildman–Crippen MR) is 166 cm³/mol. The highest BCUT2D eigenvalue weighted by molar-refractivity contribution is 6.30. The average molecular weight is 535 g/mol. The van der Waals surface area contributed by atoms with Crippen LogP contribution < -0.4 is 0 Å². The normalized spacial score (nSPS) is 26.8. The zero-order chi connectivity index (χ0) is 26.4. The summed E-state index contributed by atoms with van der Waals surface area (Å²) in [5.41, 5.74) is 14.1. The fraction of sp³-hybridized carbons (Fsp3) is 0.231. The largest absolute Gasteiger partial charge is 0.0843 e. The van der Waals surface area contributed by atoms with Gasteiger partial charge in [0.2, 0.25) is 0 Å². The van der Waals surface area contributed by atoms with E-state index in [4.69, 9.17) is 11.6 Å². The van der Waals surface area contributed by atoms with Crippen LogP contribution in [0.5, 0.6) is 0 Å². The first-order valence-corrected chi connectivity index (χ1v) is 15.3. The molecule has 0 amide bonds. The third-order valence-electron chi connectivity index (χ3n) is 11.0. The van der Waals surface area contributed by atoms with Gasteiger partial charge in [-0.15, -0.1) is 0 Å². The highest BCUT2D eigenvalue weighted by Crippen LogP contribution is 2.73. The van der Waals surface area contributed by atoms with E-state index in [9.17, 15) is 0 Å². The van der Waals surface area contributed by atoms with Crippen molar-refractivity contribution in [2.75, 3.05) is 0 Å². The van der Waals surface area contributed by atoms with Crippen LogP contribution in [-0.2, 0) is 5.41 Å². The molecule has 4 bridgehead atoms. The first-order valence-electron chi connectivity index (χ1n) is 14.9. The van der Waals surface area contributed by atoms with E-state index in [1.807, 2.05) is 12.1 Å². The maximum atomic E-state index is 6.08. The van der Waals surface area contributed by atoms with Gasteiger partial charge in [-0.05, 0) is 117 Å². The molecule has 5 aliphatic carbocycles. The summed E-state index contributed by atoms with van der Waals surface area (Å²) >= 11 is 6.08. The van der Waals surface area contributed by atoms with Crippen LogP contribution in [0.3, 0.4) is 0 Å². The van der Waals surface area contributed by atoms with Gasteiger partial charge in [0, 0.05) is 10.4 Å². The van der Waals surface area contributed by atoms with E-state index < -0.39 is 0 Å². The molecule has 5 aliphatic rings. The highest BCUT2D eigenvalue weighted by Gasteiger charge is 2.66. The Bertz CT molecular complexity index is 1760. The zero-order valence-electron chi connectivity index (χ0n) is 22.5. The van der Waals surface area contributed by atoms with Crippen molar-refractivity contribution in [3.8, 4) is 44.5 Å². The van der Waals surface area contributed by atoms with Gasteiger partial charge in [-0.2, -0.15) is 0 Å². The molecule has 1 heteroatoms. The van der Waals surface area contributed by atoms with Crippen molar-refractivity contribution >= 4 is 11.6 Å². The molecule has 0 radical (unpaired) electrons. The molecule has 5 aromatic rings. The number of hydrogen-bond donors (Lipinski definition) is 0. The predicted octanol–water partition coefficient (Wildman–Crippen LogP) is 10.7. The second-order valence-corrected chi connectivity index (χ2v) is 13.1. The van der Waals surface area contributed by atoms with Gasteiger partial charge in [0.25, 0.3) is 0 Å². The van der Waals surface area contributed by atoms with Crippen LogP contribution in [0, 0.1) is 23.7 Å². The topological polar surface area (TPSA) is 0 Å². The van der Waals surface area contributed by atoms with Crippen molar-refractivity contribution < 1.29 is 0 Å². The average Bonchev–Trinajstić information content (AvgIpc) is 3.55. The van der Waals surface area contributed by atoms with Gasteiger partial charge in [0.15, 0.2) is 0 Å². The van der Waals surface area contributed by atoms with Crippen molar-refractivity contribution in [3.05, 3.63) is 131 Å². The summed E-state index contributed by atoms with van der Waals surface area (Å²) in [6.07, 6.45) is 5.77. The number of rotatable bonds is 3. The Morgan fingerprint density at radius 1 is 0.500 bits per heavy atom. The lowest BCUT2D eigenvalue weighted by Crippen LogP contribution is -2.40. The van der Waals surface area contributed by atoms with Crippen molar-refractivity contribution in [1.82, 2.24) is 0 Å². The van der Waals surface area contributed by atoms with Crippen LogP contribution >= 0.6 is 11.6 Å². The molecule has 4 saturated carbocycles. The molecule has 5 aromatic carbocycles. The number of halogens is 1. The molecule has 0 heterocycles. The Balaban J connectivity index is 1.11. The van der Waals surface area contributed by atoms with Gasteiger partial charge < -0.3 is 0 Å². The molecular formula is C39H31Cl. The Kier molecular flexibility index (Phi) is 4.88. The standard InChI is InChI=1S/C39H31Cl/c40-32-18-16-28(17-19-32)26-10-8-25(9-11-26)27-12-14-29(15-13-27)33-5-3-7-36-38(33)34-4-1-2-6-35(34)39(36)31-21-24-20-30(23-31)37(39)22-24/h1-19,24,30-31,37H,20-23H2. The molecule has 0 aliphatic heterocycles. The van der Waals surface area contributed by atoms with Crippen LogP contribution in [0.15, 0.2) is 115 Å². The Labute approximate surface area is 241 Å². The monoisotopic (exact) mass is 534 g/mol. The first kappa shape index (κ1) is 23.1. The van der Waals surface area contributed by atoms with Crippen LogP contribution in [-0.4, -0.2) is 0 Å². The van der Waals surface area contributed by atoms with Crippen LogP contribution in [0.25, 0.3) is 44.5 Å². The molecule has 4 fully saturated rings. The molecule has 10 rings (SSSR count). The summed E-state index contributed by atoms with van der Waals surface area (Å²) in [7, 11) is 0. The molecule has 5 atom stereocenters. The van der Waals surface area contributed by atoms with E-state index in [0.717, 1.165) is 28.7 Å². The van der Waals surface area contributed by atoms with Crippen molar-refractivity contribution in [1.29, 1.82) is 0 Å². The van der Waals surface area contributed by atoms with Crippen molar-refractivity contribution in [2.45, 2.75) is 31.1 Å². The molecule has 0 saturated heterocycles. The molecule has 0 aromatic heterocycles. The SMILES string of the molecule is Clc1ccc(-c2ccc(-c3ccc(-c4cccc5c4-c4ccccc4C54C5CC6CC(C5)C4C6)cc3)cc2)cc1. The Morgan fingerprint density at radius 3 is 1.75 bits per heavy atom. The Morgan fingerprint density at radius 2 is 1.07 bits per heavy atom.